The number of aliphatic hydroxyl groups is 3. The van der Waals surface area contributed by atoms with Gasteiger partial charge in [0.25, 0.3) is 0 Å². The molecule has 0 radical (unpaired) electrons. The van der Waals surface area contributed by atoms with E-state index in [0.29, 0.717) is 0 Å². The van der Waals surface area contributed by atoms with Crippen molar-refractivity contribution in [1.82, 2.24) is 15.1 Å². The molecule has 0 aliphatic carbocycles. The van der Waals surface area contributed by atoms with Crippen LogP contribution in [0.1, 0.15) is 35.9 Å². The number of aliphatic carboxylic acids is 1. The second-order valence-electron chi connectivity index (χ2n) is 8.28. The van der Waals surface area contributed by atoms with E-state index in [2.05, 4.69) is 10.4 Å². The fourth-order valence-corrected chi connectivity index (χ4v) is 3.73. The summed E-state index contributed by atoms with van der Waals surface area (Å²) in [7, 11) is 0. The van der Waals surface area contributed by atoms with Gasteiger partial charge in [0.05, 0.1) is 29.8 Å². The van der Waals surface area contributed by atoms with Crippen molar-refractivity contribution in [3.05, 3.63) is 41.3 Å². The quantitative estimate of drug-likeness (QED) is 0.275. The van der Waals surface area contributed by atoms with Crippen molar-refractivity contribution in [1.29, 1.82) is 5.26 Å². The number of fused-ring (bicyclic) bond motifs is 1. The van der Waals surface area contributed by atoms with Gasteiger partial charge in [-0.15, -0.1) is 0 Å². The highest BCUT2D eigenvalue weighted by atomic mass is 16.5. The molecule has 0 saturated carbocycles. The third kappa shape index (κ3) is 4.94. The smallest absolute Gasteiger partial charge is 0.370 e. The van der Waals surface area contributed by atoms with Crippen LogP contribution >= 0.6 is 0 Å². The van der Waals surface area contributed by atoms with Crippen LogP contribution in [0.15, 0.2) is 30.0 Å². The van der Waals surface area contributed by atoms with Gasteiger partial charge in [-0.3, -0.25) is 4.79 Å². The van der Waals surface area contributed by atoms with Crippen LogP contribution < -0.4 is 5.32 Å². The van der Waals surface area contributed by atoms with E-state index in [1.165, 1.54) is 18.2 Å². The maximum atomic E-state index is 12.6. The van der Waals surface area contributed by atoms with Crippen LogP contribution in [-0.4, -0.2) is 84.1 Å². The zero-order valence-electron chi connectivity index (χ0n) is 18.7. The summed E-state index contributed by atoms with van der Waals surface area (Å²) in [5.74, 6) is -4.43. The Kier molecular flexibility index (Phi) is 7.39. The number of nitriles is 1. The third-order valence-electron chi connectivity index (χ3n) is 5.60. The summed E-state index contributed by atoms with van der Waals surface area (Å²) in [4.78, 5) is 35.8. The molecular weight excluding hydrogens is 464 g/mol. The molecular formula is C22H24N4O9. The monoisotopic (exact) mass is 488 g/mol. The first kappa shape index (κ1) is 25.6. The molecule has 3 rings (SSSR count). The van der Waals surface area contributed by atoms with Crippen molar-refractivity contribution in [2.24, 2.45) is 5.92 Å². The van der Waals surface area contributed by atoms with Crippen LogP contribution in [0.3, 0.4) is 0 Å². The standard InChI is InChI=1S/C22H24N4O9/c1-9(2)20(30)24-17-13(6-16(22(33)34)35-19(17)18(29)15(28)8-27)26-14(7-23)11-4-3-10(21(31)32)5-12(11)25-26/h3-6,9,13,15,17-19,27-29H,8H2,1-2H3,(H,24,30)(H,31,32)(H,33,34)/t13-,15+,17+,18+,19+/m0/s1. The van der Waals surface area contributed by atoms with Gasteiger partial charge in [0.15, 0.2) is 0 Å². The van der Waals surface area contributed by atoms with E-state index in [9.17, 15) is 45.2 Å². The van der Waals surface area contributed by atoms with Crippen molar-refractivity contribution in [2.75, 3.05) is 6.61 Å². The zero-order valence-corrected chi connectivity index (χ0v) is 18.7. The van der Waals surface area contributed by atoms with E-state index in [1.807, 2.05) is 6.07 Å². The van der Waals surface area contributed by atoms with E-state index >= 15 is 0 Å². The first-order valence-electron chi connectivity index (χ1n) is 10.5. The number of benzene rings is 1. The second-order valence-corrected chi connectivity index (χ2v) is 8.28. The van der Waals surface area contributed by atoms with E-state index in [0.717, 1.165) is 10.8 Å². The van der Waals surface area contributed by atoms with Crippen LogP contribution in [0, 0.1) is 17.2 Å². The maximum Gasteiger partial charge on any atom is 0.370 e. The minimum absolute atomic E-state index is 0.0652. The molecule has 0 bridgehead atoms. The lowest BCUT2D eigenvalue weighted by Gasteiger charge is -2.40. The number of aromatic carboxylic acids is 1. The molecule has 13 nitrogen and oxygen atoms in total. The van der Waals surface area contributed by atoms with Crippen molar-refractivity contribution in [3.63, 3.8) is 0 Å². The Morgan fingerprint density at radius 2 is 1.91 bits per heavy atom. The molecule has 1 aliphatic rings. The summed E-state index contributed by atoms with van der Waals surface area (Å²) in [5, 5.41) is 65.9. The number of aromatic nitrogens is 2. The first-order chi connectivity index (χ1) is 16.5. The van der Waals surface area contributed by atoms with Crippen LogP contribution in [0.5, 0.6) is 0 Å². The summed E-state index contributed by atoms with van der Waals surface area (Å²) < 4.78 is 6.51. The lowest BCUT2D eigenvalue weighted by Crippen LogP contribution is -2.59. The molecule has 0 fully saturated rings. The predicted molar refractivity (Wildman–Crippen MR) is 117 cm³/mol. The van der Waals surface area contributed by atoms with Gasteiger partial charge in [-0.2, -0.15) is 10.4 Å². The fraction of sp³-hybridized carbons (Fsp3) is 0.409. The average molecular weight is 488 g/mol. The number of nitrogens with one attached hydrogen (secondary N) is 1. The van der Waals surface area contributed by atoms with Gasteiger partial charge < -0.3 is 35.6 Å². The van der Waals surface area contributed by atoms with Gasteiger partial charge in [0.1, 0.15) is 30.1 Å². The third-order valence-corrected chi connectivity index (χ3v) is 5.60. The number of carboxylic acids is 2. The number of ether oxygens (including phenoxy) is 1. The summed E-state index contributed by atoms with van der Waals surface area (Å²) in [6, 6.07) is 3.39. The highest BCUT2D eigenvalue weighted by Gasteiger charge is 2.45. The van der Waals surface area contributed by atoms with Gasteiger partial charge in [0, 0.05) is 11.3 Å². The van der Waals surface area contributed by atoms with Crippen LogP contribution in [0.25, 0.3) is 10.9 Å². The van der Waals surface area contributed by atoms with Gasteiger partial charge in [-0.1, -0.05) is 13.8 Å². The summed E-state index contributed by atoms with van der Waals surface area (Å²) >= 11 is 0. The van der Waals surface area contributed by atoms with E-state index in [1.54, 1.807) is 13.8 Å². The molecule has 1 amide bonds. The first-order valence-corrected chi connectivity index (χ1v) is 10.5. The lowest BCUT2D eigenvalue weighted by atomic mass is 9.91. The zero-order chi connectivity index (χ0) is 26.0. The molecule has 35 heavy (non-hydrogen) atoms. The minimum atomic E-state index is -1.84. The Morgan fingerprint density at radius 3 is 2.46 bits per heavy atom. The molecule has 5 atom stereocenters. The number of aliphatic hydroxyl groups excluding tert-OH is 3. The highest BCUT2D eigenvalue weighted by Crippen LogP contribution is 2.33. The maximum absolute atomic E-state index is 12.6. The normalized spacial score (nSPS) is 21.5. The van der Waals surface area contributed by atoms with Crippen molar-refractivity contribution < 1.29 is 44.7 Å². The molecule has 1 aromatic carbocycles. The molecule has 186 valence electrons. The summed E-state index contributed by atoms with van der Waals surface area (Å²) in [5.41, 5.74) is -0.0337. The Morgan fingerprint density at radius 1 is 1.23 bits per heavy atom. The summed E-state index contributed by atoms with van der Waals surface area (Å²) in [6.07, 6.45) is -4.04. The topological polar surface area (TPSA) is 215 Å². The van der Waals surface area contributed by atoms with Crippen LogP contribution in [0.4, 0.5) is 0 Å². The van der Waals surface area contributed by atoms with E-state index < -0.39 is 66.5 Å². The SMILES string of the molecule is CC(C)C(=O)N[C@H]1[C@H]([C@H](O)[C@H](O)CO)OC(C(=O)O)=C[C@@H]1n1nc2cc(C(=O)O)ccc2c1C#N. The van der Waals surface area contributed by atoms with Crippen LogP contribution in [0.2, 0.25) is 0 Å². The second kappa shape index (κ2) is 10.1. The number of carboxylic acid groups (broad SMARTS) is 2. The number of carbonyl (C=O) groups excluding carboxylic acids is 1. The molecule has 0 spiro atoms. The van der Waals surface area contributed by atoms with Gasteiger partial charge >= 0.3 is 11.9 Å². The van der Waals surface area contributed by atoms with Crippen LogP contribution in [-0.2, 0) is 14.3 Å². The van der Waals surface area contributed by atoms with E-state index in [4.69, 9.17) is 4.74 Å². The average Bonchev–Trinajstić information content (AvgIpc) is 3.20. The Balaban J connectivity index is 2.25. The molecule has 0 saturated heterocycles. The molecule has 2 aromatic rings. The molecule has 13 heteroatoms. The fourth-order valence-electron chi connectivity index (χ4n) is 3.73. The molecule has 6 N–H and O–H groups in total. The molecule has 1 aliphatic heterocycles. The summed E-state index contributed by atoms with van der Waals surface area (Å²) in [6.45, 7) is 2.31. The van der Waals surface area contributed by atoms with Gasteiger partial charge in [-0.05, 0) is 24.3 Å². The number of nitrogens with zero attached hydrogens (tertiary/aromatic N) is 3. The molecule has 2 heterocycles. The van der Waals surface area contributed by atoms with Crippen molar-refractivity contribution in [3.8, 4) is 6.07 Å². The van der Waals surface area contributed by atoms with Gasteiger partial charge in [0.2, 0.25) is 11.7 Å². The van der Waals surface area contributed by atoms with Crippen molar-refractivity contribution in [2.45, 2.75) is 44.2 Å². The number of carbonyl (C=O) groups is 3. The Hall–Kier alpha value is -3.99. The molecule has 0 unspecified atom stereocenters. The predicted octanol–water partition coefficient (Wildman–Crippen LogP) is -0.631. The Labute approximate surface area is 198 Å². The number of hydrogen-bond acceptors (Lipinski definition) is 9. The van der Waals surface area contributed by atoms with E-state index in [-0.39, 0.29) is 22.2 Å². The Bertz CT molecular complexity index is 1230. The number of amides is 1. The number of hydrogen-bond donors (Lipinski definition) is 6. The molecule has 1 aromatic heterocycles. The largest absolute Gasteiger partial charge is 0.478 e. The van der Waals surface area contributed by atoms with Gasteiger partial charge in [-0.25, -0.2) is 14.3 Å². The van der Waals surface area contributed by atoms with Crippen molar-refractivity contribution >= 4 is 28.7 Å². The highest BCUT2D eigenvalue weighted by molar-refractivity contribution is 5.94. The lowest BCUT2D eigenvalue weighted by molar-refractivity contribution is -0.147. The number of rotatable bonds is 8. The minimum Gasteiger partial charge on any atom is -0.478 e.